The summed E-state index contributed by atoms with van der Waals surface area (Å²) >= 11 is 1.68. The van der Waals surface area contributed by atoms with Gasteiger partial charge in [-0.2, -0.15) is 11.8 Å². The molecule has 0 atom stereocenters. The summed E-state index contributed by atoms with van der Waals surface area (Å²) in [6.45, 7) is 1.36. The zero-order valence-corrected chi connectivity index (χ0v) is 14.8. The number of likely N-dealkylation sites (tertiary alicyclic amines) is 1. The molecule has 0 saturated carbocycles. The Balaban J connectivity index is 1.77. The van der Waals surface area contributed by atoms with E-state index in [-0.39, 0.29) is 17.7 Å². The zero-order chi connectivity index (χ0) is 17.1. The molecule has 0 N–H and O–H groups in total. The van der Waals surface area contributed by atoms with Gasteiger partial charge in [0.2, 0.25) is 5.91 Å². The van der Waals surface area contributed by atoms with Crippen LogP contribution >= 0.6 is 11.8 Å². The number of thioether (sulfide) groups is 1. The summed E-state index contributed by atoms with van der Waals surface area (Å²) in [5.74, 6) is 1.41. The fourth-order valence-corrected chi connectivity index (χ4v) is 3.59. The largest absolute Gasteiger partial charge is 0.497 e. The molecule has 1 aromatic carbocycles. The van der Waals surface area contributed by atoms with Crippen LogP contribution in [0.25, 0.3) is 11.1 Å². The number of oxazole rings is 1. The van der Waals surface area contributed by atoms with Crippen molar-refractivity contribution in [2.45, 2.75) is 25.3 Å². The third-order valence-corrected chi connectivity index (χ3v) is 5.13. The van der Waals surface area contributed by atoms with Gasteiger partial charge < -0.3 is 14.1 Å². The van der Waals surface area contributed by atoms with Gasteiger partial charge in [0.05, 0.1) is 12.6 Å². The maximum absolute atomic E-state index is 12.3. The molecule has 0 radical (unpaired) electrons. The molecule has 1 amide bonds. The molecule has 130 valence electrons. The van der Waals surface area contributed by atoms with Crippen LogP contribution in [0, 0.1) is 0 Å². The summed E-state index contributed by atoms with van der Waals surface area (Å²) in [4.78, 5) is 26.3. The van der Waals surface area contributed by atoms with Gasteiger partial charge in [-0.3, -0.25) is 9.36 Å². The highest BCUT2D eigenvalue weighted by Gasteiger charge is 2.26. The predicted octanol–water partition coefficient (Wildman–Crippen LogP) is 2.52. The lowest BCUT2D eigenvalue weighted by atomic mass is 10.0. The van der Waals surface area contributed by atoms with E-state index in [2.05, 4.69) is 0 Å². The highest BCUT2D eigenvalue weighted by atomic mass is 32.2. The first-order chi connectivity index (χ1) is 11.6. The molecular weight excluding hydrogens is 328 g/mol. The van der Waals surface area contributed by atoms with Crippen molar-refractivity contribution in [1.82, 2.24) is 9.47 Å². The van der Waals surface area contributed by atoms with Gasteiger partial charge in [0.25, 0.3) is 0 Å². The first-order valence-corrected chi connectivity index (χ1v) is 9.49. The second-order valence-electron chi connectivity index (χ2n) is 5.93. The smallest absolute Gasteiger partial charge is 0.420 e. The molecule has 1 aromatic heterocycles. The molecule has 0 spiro atoms. The summed E-state index contributed by atoms with van der Waals surface area (Å²) in [5, 5.41) is 0. The number of amides is 1. The third kappa shape index (κ3) is 3.31. The summed E-state index contributed by atoms with van der Waals surface area (Å²) in [6.07, 6.45) is 4.11. The van der Waals surface area contributed by atoms with E-state index in [1.54, 1.807) is 35.6 Å². The number of hydrogen-bond acceptors (Lipinski definition) is 5. The number of ether oxygens (including phenoxy) is 1. The molecule has 24 heavy (non-hydrogen) atoms. The standard InChI is InChI=1S/C17H22N2O4S/c1-22-13-3-4-15-14(11-13)19(17(21)23-15)12-5-8-18(9-6-12)16(20)7-10-24-2/h3-4,11-12H,5-10H2,1-2H3. The van der Waals surface area contributed by atoms with Crippen LogP contribution in [-0.2, 0) is 4.79 Å². The van der Waals surface area contributed by atoms with Gasteiger partial charge in [0, 0.05) is 37.4 Å². The van der Waals surface area contributed by atoms with Gasteiger partial charge >= 0.3 is 5.76 Å². The minimum absolute atomic E-state index is 0.0513. The van der Waals surface area contributed by atoms with E-state index in [1.165, 1.54) is 0 Å². The molecule has 2 heterocycles. The number of nitrogens with zero attached hydrogens (tertiary/aromatic N) is 2. The lowest BCUT2D eigenvalue weighted by molar-refractivity contribution is -0.132. The van der Waals surface area contributed by atoms with Crippen LogP contribution in [0.15, 0.2) is 27.4 Å². The van der Waals surface area contributed by atoms with Crippen LogP contribution in [0.4, 0.5) is 0 Å². The van der Waals surface area contributed by atoms with Crippen LogP contribution < -0.4 is 10.5 Å². The number of benzene rings is 1. The minimum Gasteiger partial charge on any atom is -0.497 e. The zero-order valence-electron chi connectivity index (χ0n) is 14.0. The molecule has 7 heteroatoms. The van der Waals surface area contributed by atoms with Crippen molar-refractivity contribution in [2.75, 3.05) is 32.2 Å². The molecule has 0 aliphatic carbocycles. The number of methoxy groups -OCH3 is 1. The Kier molecular flexibility index (Phi) is 5.18. The van der Waals surface area contributed by atoms with Crippen LogP contribution in [0.5, 0.6) is 5.75 Å². The number of fused-ring (bicyclic) bond motifs is 1. The van der Waals surface area contributed by atoms with E-state index >= 15 is 0 Å². The normalized spacial score (nSPS) is 15.8. The molecule has 1 saturated heterocycles. The number of carbonyl (C=O) groups is 1. The summed E-state index contributed by atoms with van der Waals surface area (Å²) in [5.41, 5.74) is 1.32. The molecule has 2 aromatic rings. The van der Waals surface area contributed by atoms with Crippen molar-refractivity contribution in [2.24, 2.45) is 0 Å². The van der Waals surface area contributed by atoms with Crippen LogP contribution in [0.2, 0.25) is 0 Å². The molecule has 1 fully saturated rings. The van der Waals surface area contributed by atoms with E-state index in [0.29, 0.717) is 30.8 Å². The quantitative estimate of drug-likeness (QED) is 0.829. The summed E-state index contributed by atoms with van der Waals surface area (Å²) in [7, 11) is 1.60. The second kappa shape index (κ2) is 7.34. The SMILES string of the molecule is COc1ccc2oc(=O)n(C3CCN(C(=O)CCSC)CC3)c2c1. The lowest BCUT2D eigenvalue weighted by Crippen LogP contribution is -2.40. The van der Waals surface area contributed by atoms with E-state index < -0.39 is 0 Å². The number of rotatable bonds is 5. The highest BCUT2D eigenvalue weighted by Crippen LogP contribution is 2.28. The first-order valence-electron chi connectivity index (χ1n) is 8.10. The van der Waals surface area contributed by atoms with E-state index in [0.717, 1.165) is 24.1 Å². The van der Waals surface area contributed by atoms with Gasteiger partial charge in [0.15, 0.2) is 5.58 Å². The maximum atomic E-state index is 12.3. The van der Waals surface area contributed by atoms with Crippen molar-refractivity contribution < 1.29 is 13.9 Å². The molecule has 0 bridgehead atoms. The van der Waals surface area contributed by atoms with Crippen molar-refractivity contribution in [3.8, 4) is 5.75 Å². The molecule has 6 nitrogen and oxygen atoms in total. The van der Waals surface area contributed by atoms with Gasteiger partial charge in [-0.1, -0.05) is 0 Å². The topological polar surface area (TPSA) is 64.7 Å². The highest BCUT2D eigenvalue weighted by molar-refractivity contribution is 7.98. The number of carbonyl (C=O) groups excluding carboxylic acids is 1. The Morgan fingerprint density at radius 3 is 2.79 bits per heavy atom. The fraction of sp³-hybridized carbons (Fsp3) is 0.529. The van der Waals surface area contributed by atoms with Gasteiger partial charge in [0.1, 0.15) is 5.75 Å². The molecule has 1 aliphatic heterocycles. The number of aromatic nitrogens is 1. The Hall–Kier alpha value is -1.89. The Morgan fingerprint density at radius 1 is 1.38 bits per heavy atom. The van der Waals surface area contributed by atoms with Crippen molar-refractivity contribution >= 4 is 28.8 Å². The summed E-state index contributed by atoms with van der Waals surface area (Å²) < 4.78 is 12.3. The average Bonchev–Trinajstić information content (AvgIpc) is 2.94. The Labute approximate surface area is 144 Å². The van der Waals surface area contributed by atoms with Crippen LogP contribution in [0.3, 0.4) is 0 Å². The lowest BCUT2D eigenvalue weighted by Gasteiger charge is -2.32. The molecule has 1 aliphatic rings. The second-order valence-corrected chi connectivity index (χ2v) is 6.91. The van der Waals surface area contributed by atoms with E-state index in [4.69, 9.17) is 9.15 Å². The van der Waals surface area contributed by atoms with Crippen LogP contribution in [-0.4, -0.2) is 47.6 Å². The first kappa shape index (κ1) is 17.0. The molecule has 3 rings (SSSR count). The number of hydrogen-bond donors (Lipinski definition) is 0. The Bertz CT molecular complexity index is 774. The average molecular weight is 350 g/mol. The minimum atomic E-state index is -0.342. The van der Waals surface area contributed by atoms with Gasteiger partial charge in [-0.05, 0) is 31.2 Å². The predicted molar refractivity (Wildman–Crippen MR) is 94.9 cm³/mol. The van der Waals surface area contributed by atoms with E-state index in [9.17, 15) is 9.59 Å². The van der Waals surface area contributed by atoms with Gasteiger partial charge in [-0.25, -0.2) is 4.79 Å². The fourth-order valence-electron chi connectivity index (χ4n) is 3.21. The van der Waals surface area contributed by atoms with Crippen LogP contribution in [0.1, 0.15) is 25.3 Å². The van der Waals surface area contributed by atoms with Crippen molar-refractivity contribution in [1.29, 1.82) is 0 Å². The molecule has 0 unspecified atom stereocenters. The maximum Gasteiger partial charge on any atom is 0.420 e. The van der Waals surface area contributed by atoms with Gasteiger partial charge in [-0.15, -0.1) is 0 Å². The molecular formula is C17H22N2O4S. The van der Waals surface area contributed by atoms with Crippen molar-refractivity contribution in [3.63, 3.8) is 0 Å². The Morgan fingerprint density at radius 2 is 2.12 bits per heavy atom. The van der Waals surface area contributed by atoms with E-state index in [1.807, 2.05) is 17.2 Å². The summed E-state index contributed by atoms with van der Waals surface area (Å²) in [6, 6.07) is 5.42. The third-order valence-electron chi connectivity index (χ3n) is 4.52. The monoisotopic (exact) mass is 350 g/mol. The van der Waals surface area contributed by atoms with Crippen molar-refractivity contribution in [3.05, 3.63) is 28.7 Å². The number of piperidine rings is 1.